The molecule has 0 aromatic carbocycles. The third kappa shape index (κ3) is 7.42. The first-order valence-electron chi connectivity index (χ1n) is 6.29. The van der Waals surface area contributed by atoms with Gasteiger partial charge in [0.25, 0.3) is 0 Å². The first-order chi connectivity index (χ1) is 8.52. The zero-order valence-corrected chi connectivity index (χ0v) is 12.2. The summed E-state index contributed by atoms with van der Waals surface area (Å²) in [6.07, 6.45) is 4.72. The highest BCUT2D eigenvalue weighted by Crippen LogP contribution is 2.07. The number of unbranched alkanes of at least 4 members (excludes halogenated alkanes) is 1. The van der Waals surface area contributed by atoms with Gasteiger partial charge in [0, 0.05) is 6.54 Å². The van der Waals surface area contributed by atoms with Gasteiger partial charge in [0.05, 0.1) is 0 Å². The molecule has 0 saturated heterocycles. The van der Waals surface area contributed by atoms with Gasteiger partial charge in [0.1, 0.15) is 6.04 Å². The summed E-state index contributed by atoms with van der Waals surface area (Å²) >= 11 is 1.78. The van der Waals surface area contributed by atoms with Crippen molar-refractivity contribution in [2.45, 2.75) is 39.2 Å². The fourth-order valence-corrected chi connectivity index (χ4v) is 1.94. The van der Waals surface area contributed by atoms with E-state index in [1.54, 1.807) is 11.8 Å². The molecule has 2 amide bonds. The average molecular weight is 276 g/mol. The summed E-state index contributed by atoms with van der Waals surface area (Å²) in [5.74, 6) is 0.0140. The molecule has 0 spiro atoms. The SMILES string of the molecule is CCC(C)[C@H](NC(=O)NCCCCSC)C(=O)O. The molecule has 0 bridgehead atoms. The summed E-state index contributed by atoms with van der Waals surface area (Å²) in [7, 11) is 0. The fourth-order valence-electron chi connectivity index (χ4n) is 1.45. The molecule has 2 atom stereocenters. The van der Waals surface area contributed by atoms with Crippen LogP contribution >= 0.6 is 11.8 Å². The Hall–Kier alpha value is -0.910. The van der Waals surface area contributed by atoms with Crippen LogP contribution in [0.2, 0.25) is 0 Å². The molecule has 5 nitrogen and oxygen atoms in total. The minimum atomic E-state index is -0.984. The van der Waals surface area contributed by atoms with E-state index in [0.717, 1.165) is 18.6 Å². The molecule has 3 N–H and O–H groups in total. The van der Waals surface area contributed by atoms with Gasteiger partial charge in [-0.15, -0.1) is 0 Å². The number of hydrogen-bond acceptors (Lipinski definition) is 3. The second kappa shape index (κ2) is 10.1. The van der Waals surface area contributed by atoms with Crippen molar-refractivity contribution in [1.29, 1.82) is 0 Å². The Bertz CT molecular complexity index is 262. The van der Waals surface area contributed by atoms with Crippen LogP contribution in [0, 0.1) is 5.92 Å². The highest BCUT2D eigenvalue weighted by atomic mass is 32.2. The van der Waals surface area contributed by atoms with E-state index in [1.165, 1.54) is 0 Å². The van der Waals surface area contributed by atoms with Gasteiger partial charge in [-0.25, -0.2) is 9.59 Å². The van der Waals surface area contributed by atoms with Gasteiger partial charge in [-0.2, -0.15) is 11.8 Å². The van der Waals surface area contributed by atoms with Crippen LogP contribution in [0.5, 0.6) is 0 Å². The number of aliphatic carboxylic acids is 1. The minimum Gasteiger partial charge on any atom is -0.480 e. The summed E-state index contributed by atoms with van der Waals surface area (Å²) in [6.45, 7) is 4.30. The lowest BCUT2D eigenvalue weighted by molar-refractivity contribution is -0.140. The van der Waals surface area contributed by atoms with Crippen LogP contribution in [-0.2, 0) is 4.79 Å². The molecule has 0 radical (unpaired) electrons. The van der Waals surface area contributed by atoms with E-state index in [0.29, 0.717) is 13.0 Å². The van der Waals surface area contributed by atoms with Crippen LogP contribution in [0.4, 0.5) is 4.79 Å². The number of carboxylic acids is 1. The topological polar surface area (TPSA) is 78.4 Å². The van der Waals surface area contributed by atoms with Crippen molar-refractivity contribution < 1.29 is 14.7 Å². The van der Waals surface area contributed by atoms with E-state index in [9.17, 15) is 9.59 Å². The lowest BCUT2D eigenvalue weighted by Gasteiger charge is -2.20. The maximum absolute atomic E-state index is 11.5. The maximum atomic E-state index is 11.5. The standard InChI is InChI=1S/C12H24N2O3S/c1-4-9(2)10(11(15)16)14-12(17)13-7-5-6-8-18-3/h9-10H,4-8H2,1-3H3,(H,15,16)(H2,13,14,17)/t9?,10-/m0/s1. The molecule has 18 heavy (non-hydrogen) atoms. The first-order valence-corrected chi connectivity index (χ1v) is 7.68. The first kappa shape index (κ1) is 17.1. The summed E-state index contributed by atoms with van der Waals surface area (Å²) in [5, 5.41) is 14.2. The monoisotopic (exact) mass is 276 g/mol. The molecule has 0 aliphatic heterocycles. The number of thioether (sulfide) groups is 1. The molecule has 1 unspecified atom stereocenters. The van der Waals surface area contributed by atoms with Gasteiger partial charge in [0.15, 0.2) is 0 Å². The van der Waals surface area contributed by atoms with E-state index in [4.69, 9.17) is 5.11 Å². The fraction of sp³-hybridized carbons (Fsp3) is 0.833. The van der Waals surface area contributed by atoms with E-state index in [-0.39, 0.29) is 5.92 Å². The predicted molar refractivity (Wildman–Crippen MR) is 75.0 cm³/mol. The molecule has 0 aromatic rings. The second-order valence-corrected chi connectivity index (χ2v) is 5.29. The van der Waals surface area contributed by atoms with Crippen molar-refractivity contribution in [3.8, 4) is 0 Å². The zero-order chi connectivity index (χ0) is 14.0. The van der Waals surface area contributed by atoms with Gasteiger partial charge in [-0.1, -0.05) is 20.3 Å². The summed E-state index contributed by atoms with van der Waals surface area (Å²) < 4.78 is 0. The van der Waals surface area contributed by atoms with Crippen molar-refractivity contribution >= 4 is 23.8 Å². The maximum Gasteiger partial charge on any atom is 0.326 e. The van der Waals surface area contributed by atoms with Crippen LogP contribution in [0.1, 0.15) is 33.1 Å². The Kier molecular flexibility index (Phi) is 9.55. The average Bonchev–Trinajstić information content (AvgIpc) is 2.34. The molecule has 0 aliphatic rings. The summed E-state index contributed by atoms with van der Waals surface area (Å²) in [4.78, 5) is 22.5. The molecule has 106 valence electrons. The minimum absolute atomic E-state index is 0.0789. The smallest absolute Gasteiger partial charge is 0.326 e. The van der Waals surface area contributed by atoms with E-state index >= 15 is 0 Å². The van der Waals surface area contributed by atoms with E-state index < -0.39 is 18.0 Å². The predicted octanol–water partition coefficient (Wildman–Crippen LogP) is 1.93. The van der Waals surface area contributed by atoms with Crippen molar-refractivity contribution in [2.75, 3.05) is 18.6 Å². The Balaban J connectivity index is 3.92. The quantitative estimate of drug-likeness (QED) is 0.562. The van der Waals surface area contributed by atoms with E-state index in [2.05, 4.69) is 10.6 Å². The third-order valence-electron chi connectivity index (χ3n) is 2.83. The number of hydrogen-bond donors (Lipinski definition) is 3. The van der Waals surface area contributed by atoms with Crippen molar-refractivity contribution in [2.24, 2.45) is 5.92 Å². The molecule has 0 aliphatic carbocycles. The highest BCUT2D eigenvalue weighted by molar-refractivity contribution is 7.98. The second-order valence-electron chi connectivity index (χ2n) is 4.30. The molecule has 0 rings (SSSR count). The Morgan fingerprint density at radius 1 is 1.33 bits per heavy atom. The van der Waals surface area contributed by atoms with Gasteiger partial charge in [-0.3, -0.25) is 0 Å². The zero-order valence-electron chi connectivity index (χ0n) is 11.4. The van der Waals surface area contributed by atoms with Crippen LogP contribution in [0.3, 0.4) is 0 Å². The molecular formula is C12H24N2O3S. The number of amides is 2. The van der Waals surface area contributed by atoms with Crippen molar-refractivity contribution in [3.63, 3.8) is 0 Å². The molecule has 0 saturated carbocycles. The number of nitrogens with one attached hydrogen (secondary N) is 2. The molecule has 0 aromatic heterocycles. The number of urea groups is 1. The Labute approximate surface area is 113 Å². The van der Waals surface area contributed by atoms with E-state index in [1.807, 2.05) is 20.1 Å². The molecular weight excluding hydrogens is 252 g/mol. The van der Waals surface area contributed by atoms with Crippen LogP contribution < -0.4 is 10.6 Å². The Morgan fingerprint density at radius 3 is 2.50 bits per heavy atom. The molecule has 0 heterocycles. The number of rotatable bonds is 9. The largest absolute Gasteiger partial charge is 0.480 e. The third-order valence-corrected chi connectivity index (χ3v) is 3.52. The van der Waals surface area contributed by atoms with Crippen LogP contribution in [-0.4, -0.2) is 41.7 Å². The number of carboxylic acid groups (broad SMARTS) is 1. The molecule has 6 heteroatoms. The van der Waals surface area contributed by atoms with Crippen LogP contribution in [0.25, 0.3) is 0 Å². The van der Waals surface area contributed by atoms with Gasteiger partial charge in [0.2, 0.25) is 0 Å². The molecule has 0 fully saturated rings. The van der Waals surface area contributed by atoms with Gasteiger partial charge in [-0.05, 0) is 30.8 Å². The summed E-state index contributed by atoms with van der Waals surface area (Å²) in [6, 6.07) is -1.21. The lowest BCUT2D eigenvalue weighted by Crippen LogP contribution is -2.49. The van der Waals surface area contributed by atoms with Gasteiger partial charge >= 0.3 is 12.0 Å². The summed E-state index contributed by atoms with van der Waals surface area (Å²) in [5.41, 5.74) is 0. The Morgan fingerprint density at radius 2 is 2.00 bits per heavy atom. The van der Waals surface area contributed by atoms with Crippen molar-refractivity contribution in [3.05, 3.63) is 0 Å². The van der Waals surface area contributed by atoms with Crippen molar-refractivity contribution in [1.82, 2.24) is 10.6 Å². The normalized spacial score (nSPS) is 13.7. The number of carbonyl (C=O) groups excluding carboxylic acids is 1. The van der Waals surface area contributed by atoms with Crippen LogP contribution in [0.15, 0.2) is 0 Å². The van der Waals surface area contributed by atoms with Gasteiger partial charge < -0.3 is 15.7 Å². The lowest BCUT2D eigenvalue weighted by atomic mass is 9.99. The highest BCUT2D eigenvalue weighted by Gasteiger charge is 2.24. The number of carbonyl (C=O) groups is 2.